The van der Waals surface area contributed by atoms with Crippen LogP contribution in [0.2, 0.25) is 0 Å². The Morgan fingerprint density at radius 3 is 1.46 bits per heavy atom. The number of halogens is 2. The molecule has 3 nitrogen and oxygen atoms in total. The van der Waals surface area contributed by atoms with Crippen LogP contribution in [-0.4, -0.2) is 9.13 Å². The number of aromatic nitrogens is 2. The first-order valence-electron chi connectivity index (χ1n) is 18.3. The predicted octanol–water partition coefficient (Wildman–Crippen LogP) is 14.4. The summed E-state index contributed by atoms with van der Waals surface area (Å²) in [5, 5.41) is 19.7. The second kappa shape index (κ2) is 11.6. The third-order valence-electron chi connectivity index (χ3n) is 11.3. The van der Waals surface area contributed by atoms with Crippen molar-refractivity contribution in [3.05, 3.63) is 169 Å². The van der Waals surface area contributed by atoms with Crippen LogP contribution in [0.3, 0.4) is 0 Å². The monoisotopic (exact) mass is 757 g/mol. The normalized spacial score (nSPS) is 12.1. The highest BCUT2D eigenvalue weighted by atomic mass is 32.1. The van der Waals surface area contributed by atoms with Gasteiger partial charge in [0.2, 0.25) is 0 Å². The maximum Gasteiger partial charge on any atom is 0.134 e. The number of hydrogen-bond donors (Lipinski definition) is 0. The summed E-state index contributed by atoms with van der Waals surface area (Å²) in [5.41, 5.74) is 5.32. The summed E-state index contributed by atoms with van der Waals surface area (Å²) in [6.07, 6.45) is 0. The van der Waals surface area contributed by atoms with Gasteiger partial charge in [-0.05, 0) is 60.7 Å². The van der Waals surface area contributed by atoms with Gasteiger partial charge in [-0.3, -0.25) is 0 Å². The van der Waals surface area contributed by atoms with E-state index < -0.39 is 11.6 Å². The molecule has 0 amide bonds. The van der Waals surface area contributed by atoms with Crippen molar-refractivity contribution in [2.45, 2.75) is 0 Å². The van der Waals surface area contributed by atoms with Crippen LogP contribution in [0.4, 0.5) is 8.78 Å². The molecule has 0 saturated heterocycles. The van der Waals surface area contributed by atoms with Crippen LogP contribution in [0.5, 0.6) is 0 Å². The highest BCUT2D eigenvalue weighted by molar-refractivity contribution is 7.26. The van der Waals surface area contributed by atoms with Gasteiger partial charge in [-0.25, -0.2) is 8.78 Å². The molecule has 4 aromatic heterocycles. The lowest BCUT2D eigenvalue weighted by atomic mass is 9.98. The third-order valence-corrected chi connectivity index (χ3v) is 13.6. The first kappa shape index (κ1) is 31.5. The van der Waals surface area contributed by atoms with Crippen LogP contribution >= 0.6 is 22.7 Å². The first-order chi connectivity index (χ1) is 27.6. The summed E-state index contributed by atoms with van der Waals surface area (Å²) < 4.78 is 41.6. The average Bonchev–Trinajstić information content (AvgIpc) is 3.98. The van der Waals surface area contributed by atoms with Gasteiger partial charge in [0.05, 0.1) is 44.6 Å². The van der Waals surface area contributed by atoms with Crippen molar-refractivity contribution in [1.29, 1.82) is 5.26 Å². The lowest BCUT2D eigenvalue weighted by Crippen LogP contribution is -2.05. The van der Waals surface area contributed by atoms with Crippen LogP contribution in [0.1, 0.15) is 5.56 Å². The van der Waals surface area contributed by atoms with Crippen LogP contribution in [0.25, 0.3) is 106 Å². The number of fused-ring (bicyclic) bond motifs is 14. The Balaban J connectivity index is 1.30. The van der Waals surface area contributed by atoms with Crippen molar-refractivity contribution in [3.8, 4) is 28.6 Å². The van der Waals surface area contributed by atoms with E-state index in [4.69, 9.17) is 0 Å². The quantitative estimate of drug-likeness (QED) is 0.177. The van der Waals surface area contributed by atoms with Gasteiger partial charge in [-0.15, -0.1) is 22.7 Å². The maximum atomic E-state index is 16.4. The molecule has 0 aliphatic rings. The summed E-state index contributed by atoms with van der Waals surface area (Å²) in [7, 11) is 0. The fraction of sp³-hybridized carbons (Fsp3) is 0. The molecular formula is C49H25F2N3S2. The van der Waals surface area contributed by atoms with Gasteiger partial charge in [0.25, 0.3) is 0 Å². The third kappa shape index (κ3) is 4.17. The van der Waals surface area contributed by atoms with Gasteiger partial charge in [-0.1, -0.05) is 91.0 Å². The Kier molecular flexibility index (Phi) is 6.51. The minimum atomic E-state index is -0.678. The number of nitrogens with zero attached hydrogens (tertiary/aromatic N) is 3. The maximum absolute atomic E-state index is 16.4. The largest absolute Gasteiger partial charge is 0.308 e. The molecule has 0 fully saturated rings. The molecule has 56 heavy (non-hydrogen) atoms. The van der Waals surface area contributed by atoms with Crippen molar-refractivity contribution in [2.24, 2.45) is 0 Å². The minimum Gasteiger partial charge on any atom is -0.308 e. The first-order valence-corrected chi connectivity index (χ1v) is 19.9. The Bertz CT molecular complexity index is 3690. The van der Waals surface area contributed by atoms with Crippen LogP contribution in [-0.2, 0) is 0 Å². The summed E-state index contributed by atoms with van der Waals surface area (Å²) in [5.74, 6) is -1.36. The lowest BCUT2D eigenvalue weighted by molar-refractivity contribution is 0.589. The van der Waals surface area contributed by atoms with E-state index in [1.54, 1.807) is 22.7 Å². The zero-order valence-corrected chi connectivity index (χ0v) is 31.0. The van der Waals surface area contributed by atoms with Crippen molar-refractivity contribution in [3.63, 3.8) is 0 Å². The predicted molar refractivity (Wildman–Crippen MR) is 231 cm³/mol. The highest BCUT2D eigenvalue weighted by Gasteiger charge is 2.26. The lowest BCUT2D eigenvalue weighted by Gasteiger charge is -2.20. The molecule has 12 rings (SSSR count). The molecule has 8 aromatic carbocycles. The summed E-state index contributed by atoms with van der Waals surface area (Å²) in [6, 6.07) is 51.9. The van der Waals surface area contributed by atoms with E-state index >= 15 is 8.78 Å². The number of nitriles is 1. The Morgan fingerprint density at radius 1 is 0.446 bits per heavy atom. The molecule has 4 heterocycles. The van der Waals surface area contributed by atoms with Gasteiger partial charge in [0, 0.05) is 67.5 Å². The zero-order valence-electron chi connectivity index (χ0n) is 29.3. The number of para-hydroxylation sites is 2. The Morgan fingerprint density at radius 2 is 0.929 bits per heavy atom. The van der Waals surface area contributed by atoms with Gasteiger partial charge in [0.1, 0.15) is 17.7 Å². The number of rotatable bonds is 3. The summed E-state index contributed by atoms with van der Waals surface area (Å²) in [4.78, 5) is 0. The van der Waals surface area contributed by atoms with E-state index in [1.165, 1.54) is 18.2 Å². The highest BCUT2D eigenvalue weighted by Crippen LogP contribution is 2.47. The summed E-state index contributed by atoms with van der Waals surface area (Å²) in [6.45, 7) is 0. The van der Waals surface area contributed by atoms with E-state index in [0.29, 0.717) is 22.5 Å². The molecule has 0 atom stereocenters. The van der Waals surface area contributed by atoms with Crippen molar-refractivity contribution >= 4 is 107 Å². The van der Waals surface area contributed by atoms with Gasteiger partial charge in [0.15, 0.2) is 0 Å². The molecular weight excluding hydrogens is 733 g/mol. The molecule has 0 radical (unpaired) electrons. The molecule has 0 bridgehead atoms. The second-order valence-corrected chi connectivity index (χ2v) is 16.3. The van der Waals surface area contributed by atoms with Crippen LogP contribution in [0.15, 0.2) is 152 Å². The molecule has 0 saturated carbocycles. The SMILES string of the molecule is N#Cc1cc(-n2c3ccccc3c3ccc4sc5ccccc5c4c32)c(-c2c(F)cccc2F)cc1-n1c2ccccc2c2ccc3sc4ccccc4c3c21. The zero-order chi connectivity index (χ0) is 37.2. The molecule has 7 heteroatoms. The molecule has 262 valence electrons. The molecule has 0 aliphatic heterocycles. The minimum absolute atomic E-state index is 0.145. The van der Waals surface area contributed by atoms with Crippen LogP contribution in [0, 0.1) is 23.0 Å². The molecule has 12 aromatic rings. The Labute approximate surface area is 325 Å². The van der Waals surface area contributed by atoms with Gasteiger partial charge < -0.3 is 9.13 Å². The Hall–Kier alpha value is -6.85. The van der Waals surface area contributed by atoms with Crippen molar-refractivity contribution in [1.82, 2.24) is 9.13 Å². The number of benzene rings is 8. The number of hydrogen-bond acceptors (Lipinski definition) is 3. The topological polar surface area (TPSA) is 33.6 Å². The van der Waals surface area contributed by atoms with E-state index in [9.17, 15) is 5.26 Å². The molecule has 0 unspecified atom stereocenters. The molecule has 0 spiro atoms. The fourth-order valence-electron chi connectivity index (χ4n) is 9.02. The average molecular weight is 758 g/mol. The van der Waals surface area contributed by atoms with Crippen molar-refractivity contribution in [2.75, 3.05) is 0 Å². The fourth-order valence-corrected chi connectivity index (χ4v) is 11.2. The standard InChI is InChI=1S/C49H25F2N3S2/c50-35-14-9-15-36(51)45(35)34-25-39(53-37-16-5-1-10-28(37)30-20-22-43-46(48(30)53)32-12-3-7-18-41(32)55-43)27(26-52)24-40(34)54-38-17-6-2-11-29(38)31-21-23-44-47(49(31)54)33-13-4-8-19-42(33)56-44/h1-25H. The summed E-state index contributed by atoms with van der Waals surface area (Å²) >= 11 is 3.45. The number of thiophene rings is 2. The molecule has 0 aliphatic carbocycles. The van der Waals surface area contributed by atoms with E-state index in [2.05, 4.69) is 81.9 Å². The molecule has 0 N–H and O–H groups in total. The van der Waals surface area contributed by atoms with E-state index in [1.807, 2.05) is 66.7 Å². The van der Waals surface area contributed by atoms with E-state index in [0.717, 1.165) is 84.0 Å². The van der Waals surface area contributed by atoms with Gasteiger partial charge in [-0.2, -0.15) is 5.26 Å². The smallest absolute Gasteiger partial charge is 0.134 e. The van der Waals surface area contributed by atoms with Gasteiger partial charge >= 0.3 is 0 Å². The second-order valence-electron chi connectivity index (χ2n) is 14.2. The van der Waals surface area contributed by atoms with Crippen molar-refractivity contribution < 1.29 is 8.78 Å². The van der Waals surface area contributed by atoms with E-state index in [-0.39, 0.29) is 5.56 Å². The van der Waals surface area contributed by atoms with Crippen LogP contribution < -0.4 is 0 Å².